The molecule has 2 aliphatic rings. The van der Waals surface area contributed by atoms with Crippen LogP contribution in [0.1, 0.15) is 70.8 Å². The molecule has 1 unspecified atom stereocenters. The quantitative estimate of drug-likeness (QED) is 0.627. The molecule has 1 N–H and O–H groups in total. The summed E-state index contributed by atoms with van der Waals surface area (Å²) in [5.41, 5.74) is 2.24. The Morgan fingerprint density at radius 1 is 1.18 bits per heavy atom. The smallest absolute Gasteiger partial charge is 0.226 e. The van der Waals surface area contributed by atoms with Crippen molar-refractivity contribution in [2.75, 3.05) is 17.6 Å². The maximum atomic E-state index is 12.6. The fraction of sp³-hybridized carbons (Fsp3) is 0.652. The van der Waals surface area contributed by atoms with E-state index in [1.165, 1.54) is 50.5 Å². The molecule has 1 atom stereocenters. The fourth-order valence-corrected chi connectivity index (χ4v) is 5.41. The molecule has 0 spiro atoms. The first-order chi connectivity index (χ1) is 13.7. The van der Waals surface area contributed by atoms with Crippen molar-refractivity contribution in [2.45, 2.75) is 83.7 Å². The van der Waals surface area contributed by atoms with Gasteiger partial charge in [-0.1, -0.05) is 56.5 Å². The first-order valence-corrected chi connectivity index (χ1v) is 12.0. The Morgan fingerprint density at radius 3 is 2.61 bits per heavy atom. The second kappa shape index (κ2) is 10.9. The van der Waals surface area contributed by atoms with E-state index >= 15 is 0 Å². The van der Waals surface area contributed by atoms with Crippen molar-refractivity contribution in [2.24, 2.45) is 4.99 Å². The average molecular weight is 402 g/mol. The molecule has 5 heteroatoms. The number of unbranched alkanes of at least 4 members (excludes halogenated alkanes) is 1. The summed E-state index contributed by atoms with van der Waals surface area (Å²) in [5.74, 6) is 1.06. The number of amides is 1. The molecule has 0 radical (unpaired) electrons. The molecule has 4 nitrogen and oxygen atoms in total. The van der Waals surface area contributed by atoms with Gasteiger partial charge in [0.25, 0.3) is 0 Å². The molecule has 1 saturated heterocycles. The number of rotatable bonds is 8. The van der Waals surface area contributed by atoms with Gasteiger partial charge in [-0.2, -0.15) is 0 Å². The number of anilines is 1. The standard InChI is InChI=1S/C23H35N3OS/c1-3-5-9-18-12-14-20(15-13-18)24-22(27)16-21-17-28-23(26(21)4-2)25-19-10-7-6-8-11-19/h12-15,19,21H,3-11,16-17H2,1-2H3,(H,24,27). The van der Waals surface area contributed by atoms with Crippen LogP contribution in [0.2, 0.25) is 0 Å². The second-order valence-corrected chi connectivity index (χ2v) is 8.99. The molecule has 1 aliphatic carbocycles. The second-order valence-electron chi connectivity index (χ2n) is 8.01. The third-order valence-electron chi connectivity index (χ3n) is 5.78. The van der Waals surface area contributed by atoms with Gasteiger partial charge in [-0.15, -0.1) is 0 Å². The van der Waals surface area contributed by atoms with E-state index in [1.807, 2.05) is 23.9 Å². The summed E-state index contributed by atoms with van der Waals surface area (Å²) in [6.07, 6.45) is 10.5. The van der Waals surface area contributed by atoms with Crippen LogP contribution in [0.15, 0.2) is 29.3 Å². The molecule has 154 valence electrons. The number of carbonyl (C=O) groups excluding carboxylic acids is 1. The minimum absolute atomic E-state index is 0.101. The number of nitrogens with one attached hydrogen (secondary N) is 1. The van der Waals surface area contributed by atoms with Crippen LogP contribution in [0.3, 0.4) is 0 Å². The van der Waals surface area contributed by atoms with Crippen molar-refractivity contribution in [3.8, 4) is 0 Å². The molecular formula is C23H35N3OS. The Morgan fingerprint density at radius 2 is 1.93 bits per heavy atom. The minimum Gasteiger partial charge on any atom is -0.347 e. The van der Waals surface area contributed by atoms with Crippen molar-refractivity contribution in [3.63, 3.8) is 0 Å². The topological polar surface area (TPSA) is 44.7 Å². The molecule has 0 aromatic heterocycles. The lowest BCUT2D eigenvalue weighted by atomic mass is 9.96. The van der Waals surface area contributed by atoms with Gasteiger partial charge in [-0.3, -0.25) is 9.79 Å². The van der Waals surface area contributed by atoms with E-state index in [-0.39, 0.29) is 11.9 Å². The number of amidine groups is 1. The molecule has 3 rings (SSSR count). The van der Waals surface area contributed by atoms with Crippen molar-refractivity contribution >= 4 is 28.5 Å². The van der Waals surface area contributed by atoms with Gasteiger partial charge in [0.1, 0.15) is 0 Å². The maximum absolute atomic E-state index is 12.6. The fourth-order valence-electron chi connectivity index (χ4n) is 4.10. The zero-order valence-corrected chi connectivity index (χ0v) is 18.3. The minimum atomic E-state index is 0.101. The molecule has 1 heterocycles. The Balaban J connectivity index is 1.52. The highest BCUT2D eigenvalue weighted by Crippen LogP contribution is 2.29. The monoisotopic (exact) mass is 401 g/mol. The van der Waals surface area contributed by atoms with Gasteiger partial charge in [-0.25, -0.2) is 0 Å². The lowest BCUT2D eigenvalue weighted by molar-refractivity contribution is -0.116. The van der Waals surface area contributed by atoms with Crippen LogP contribution in [0.25, 0.3) is 0 Å². The molecule has 1 saturated carbocycles. The van der Waals surface area contributed by atoms with Crippen LogP contribution in [-0.4, -0.2) is 40.4 Å². The average Bonchev–Trinajstić information content (AvgIpc) is 3.09. The number of benzene rings is 1. The van der Waals surface area contributed by atoms with Crippen molar-refractivity contribution < 1.29 is 4.79 Å². The highest BCUT2D eigenvalue weighted by atomic mass is 32.2. The van der Waals surface area contributed by atoms with E-state index in [0.29, 0.717) is 12.5 Å². The summed E-state index contributed by atoms with van der Waals surface area (Å²) < 4.78 is 0. The third-order valence-corrected chi connectivity index (χ3v) is 6.93. The summed E-state index contributed by atoms with van der Waals surface area (Å²) >= 11 is 1.83. The van der Waals surface area contributed by atoms with Crippen LogP contribution in [-0.2, 0) is 11.2 Å². The highest BCUT2D eigenvalue weighted by molar-refractivity contribution is 8.14. The first kappa shape index (κ1) is 21.2. The Labute approximate surface area is 174 Å². The predicted molar refractivity (Wildman–Crippen MR) is 121 cm³/mol. The summed E-state index contributed by atoms with van der Waals surface area (Å²) in [4.78, 5) is 20.0. The zero-order chi connectivity index (χ0) is 19.8. The molecule has 0 bridgehead atoms. The number of aryl methyl sites for hydroxylation is 1. The molecule has 1 aromatic carbocycles. The van der Waals surface area contributed by atoms with Crippen molar-refractivity contribution in [1.29, 1.82) is 0 Å². The number of thioether (sulfide) groups is 1. The number of hydrogen-bond donors (Lipinski definition) is 1. The van der Waals surface area contributed by atoms with Crippen molar-refractivity contribution in [1.82, 2.24) is 4.90 Å². The van der Waals surface area contributed by atoms with Gasteiger partial charge in [0.15, 0.2) is 5.17 Å². The Kier molecular flexibility index (Phi) is 8.26. The van der Waals surface area contributed by atoms with E-state index in [4.69, 9.17) is 4.99 Å². The van der Waals surface area contributed by atoms with Gasteiger partial charge >= 0.3 is 0 Å². The molecule has 2 fully saturated rings. The third kappa shape index (κ3) is 6.00. The van der Waals surface area contributed by atoms with Gasteiger partial charge < -0.3 is 10.2 Å². The Hall–Kier alpha value is -1.49. The number of aliphatic imine (C=N–C) groups is 1. The van der Waals surface area contributed by atoms with Gasteiger partial charge in [0.2, 0.25) is 5.91 Å². The van der Waals surface area contributed by atoms with Gasteiger partial charge in [0, 0.05) is 30.4 Å². The predicted octanol–water partition coefficient (Wildman–Crippen LogP) is 5.48. The van der Waals surface area contributed by atoms with Gasteiger partial charge in [0.05, 0.1) is 6.04 Å². The van der Waals surface area contributed by atoms with Gasteiger partial charge in [-0.05, 0) is 50.3 Å². The van der Waals surface area contributed by atoms with E-state index in [1.54, 1.807) is 0 Å². The van der Waals surface area contributed by atoms with E-state index in [2.05, 4.69) is 36.2 Å². The summed E-state index contributed by atoms with van der Waals surface area (Å²) in [6, 6.07) is 9.05. The van der Waals surface area contributed by atoms with E-state index in [0.717, 1.165) is 29.6 Å². The zero-order valence-electron chi connectivity index (χ0n) is 17.5. The summed E-state index contributed by atoms with van der Waals surface area (Å²) in [5, 5.41) is 4.24. The molecule has 1 amide bonds. The largest absolute Gasteiger partial charge is 0.347 e. The number of hydrogen-bond acceptors (Lipinski definition) is 3. The molecule has 1 aliphatic heterocycles. The lowest BCUT2D eigenvalue weighted by Gasteiger charge is -2.26. The van der Waals surface area contributed by atoms with E-state index < -0.39 is 0 Å². The van der Waals surface area contributed by atoms with Crippen LogP contribution >= 0.6 is 11.8 Å². The lowest BCUT2D eigenvalue weighted by Crippen LogP contribution is -2.37. The number of nitrogens with zero attached hydrogens (tertiary/aromatic N) is 2. The van der Waals surface area contributed by atoms with Crippen LogP contribution in [0, 0.1) is 0 Å². The van der Waals surface area contributed by atoms with Crippen LogP contribution < -0.4 is 5.32 Å². The van der Waals surface area contributed by atoms with Crippen LogP contribution in [0.5, 0.6) is 0 Å². The Bertz CT molecular complexity index is 652. The van der Waals surface area contributed by atoms with Crippen molar-refractivity contribution in [3.05, 3.63) is 29.8 Å². The highest BCUT2D eigenvalue weighted by Gasteiger charge is 2.31. The molecule has 28 heavy (non-hydrogen) atoms. The summed E-state index contributed by atoms with van der Waals surface area (Å²) in [6.45, 7) is 5.30. The normalized spacial score (nSPS) is 22.0. The molecule has 1 aromatic rings. The maximum Gasteiger partial charge on any atom is 0.226 e. The first-order valence-electron chi connectivity index (χ1n) is 11.1. The van der Waals surface area contributed by atoms with E-state index in [9.17, 15) is 4.79 Å². The number of carbonyl (C=O) groups is 1. The summed E-state index contributed by atoms with van der Waals surface area (Å²) in [7, 11) is 0. The van der Waals surface area contributed by atoms with Crippen LogP contribution in [0.4, 0.5) is 5.69 Å². The SMILES string of the molecule is CCCCc1ccc(NC(=O)CC2CSC(=NC3CCCCC3)N2CC)cc1. The molecular weight excluding hydrogens is 366 g/mol.